The van der Waals surface area contributed by atoms with Gasteiger partial charge in [0, 0.05) is 4.88 Å². The molecule has 16 heavy (non-hydrogen) atoms. The van der Waals surface area contributed by atoms with E-state index in [1.54, 1.807) is 18.3 Å². The number of thioether (sulfide) groups is 1. The standard InChI is InChI=1S/C10H13NO3S2/c1-7(10(13)14)16-6-9(12)11-5-8-3-2-4-15-8/h2-4,7H,5-6H2,1H3,(H,11,12)(H,13,14). The first-order valence-corrected chi connectivity index (χ1v) is 6.66. The summed E-state index contributed by atoms with van der Waals surface area (Å²) in [6, 6.07) is 3.87. The topological polar surface area (TPSA) is 66.4 Å². The van der Waals surface area contributed by atoms with Crippen molar-refractivity contribution in [2.75, 3.05) is 5.75 Å². The SMILES string of the molecule is CC(SCC(=O)NCc1cccs1)C(=O)O. The highest BCUT2D eigenvalue weighted by Crippen LogP contribution is 2.10. The number of carbonyl (C=O) groups excluding carboxylic acids is 1. The summed E-state index contributed by atoms with van der Waals surface area (Å²) in [6.45, 7) is 2.08. The Bertz CT molecular complexity index is 351. The van der Waals surface area contributed by atoms with Crippen LogP contribution in [-0.2, 0) is 16.1 Å². The van der Waals surface area contributed by atoms with E-state index in [2.05, 4.69) is 5.32 Å². The number of nitrogens with one attached hydrogen (secondary N) is 1. The zero-order valence-corrected chi connectivity index (χ0v) is 10.4. The van der Waals surface area contributed by atoms with Crippen LogP contribution in [0.3, 0.4) is 0 Å². The minimum absolute atomic E-state index is 0.133. The third-order valence-electron chi connectivity index (χ3n) is 1.85. The minimum Gasteiger partial charge on any atom is -0.480 e. The van der Waals surface area contributed by atoms with Crippen molar-refractivity contribution < 1.29 is 14.7 Å². The molecule has 2 N–H and O–H groups in total. The molecular formula is C10H13NO3S2. The number of carboxylic acids is 1. The van der Waals surface area contributed by atoms with Crippen LogP contribution in [0.1, 0.15) is 11.8 Å². The Hall–Kier alpha value is -1.01. The minimum atomic E-state index is -0.893. The number of rotatable bonds is 6. The van der Waals surface area contributed by atoms with E-state index in [0.717, 1.165) is 16.6 Å². The molecule has 0 bridgehead atoms. The Kier molecular flexibility index (Phi) is 5.34. The lowest BCUT2D eigenvalue weighted by Gasteiger charge is -2.06. The first kappa shape index (κ1) is 13.1. The second-order valence-electron chi connectivity index (χ2n) is 3.15. The monoisotopic (exact) mass is 259 g/mol. The molecule has 0 saturated heterocycles. The lowest BCUT2D eigenvalue weighted by Crippen LogP contribution is -2.26. The predicted molar refractivity (Wildman–Crippen MR) is 65.7 cm³/mol. The lowest BCUT2D eigenvalue weighted by atomic mass is 10.4. The Morgan fingerprint density at radius 1 is 1.62 bits per heavy atom. The van der Waals surface area contributed by atoms with Crippen molar-refractivity contribution in [1.82, 2.24) is 5.32 Å². The maximum Gasteiger partial charge on any atom is 0.316 e. The maximum absolute atomic E-state index is 11.3. The van der Waals surface area contributed by atoms with Gasteiger partial charge in [0.05, 0.1) is 17.5 Å². The van der Waals surface area contributed by atoms with Gasteiger partial charge in [-0.15, -0.1) is 23.1 Å². The number of hydrogen-bond acceptors (Lipinski definition) is 4. The fourth-order valence-electron chi connectivity index (χ4n) is 0.922. The van der Waals surface area contributed by atoms with Gasteiger partial charge in [-0.25, -0.2) is 0 Å². The molecule has 0 spiro atoms. The van der Waals surface area contributed by atoms with Crippen LogP contribution < -0.4 is 5.32 Å². The molecule has 6 heteroatoms. The molecule has 88 valence electrons. The van der Waals surface area contributed by atoms with Gasteiger partial charge >= 0.3 is 5.97 Å². The van der Waals surface area contributed by atoms with Crippen molar-refractivity contribution in [3.63, 3.8) is 0 Å². The van der Waals surface area contributed by atoms with Crippen molar-refractivity contribution in [2.45, 2.75) is 18.7 Å². The average molecular weight is 259 g/mol. The molecule has 1 unspecified atom stereocenters. The maximum atomic E-state index is 11.3. The van der Waals surface area contributed by atoms with Crippen LogP contribution in [0, 0.1) is 0 Å². The van der Waals surface area contributed by atoms with E-state index in [4.69, 9.17) is 5.11 Å². The molecule has 1 atom stereocenters. The van der Waals surface area contributed by atoms with Crippen LogP contribution in [0.25, 0.3) is 0 Å². The Morgan fingerprint density at radius 3 is 2.94 bits per heavy atom. The van der Waals surface area contributed by atoms with Gasteiger partial charge in [-0.05, 0) is 18.4 Å². The second kappa shape index (κ2) is 6.55. The molecule has 1 heterocycles. The highest BCUT2D eigenvalue weighted by atomic mass is 32.2. The molecule has 0 saturated carbocycles. The van der Waals surface area contributed by atoms with E-state index in [1.807, 2.05) is 17.5 Å². The largest absolute Gasteiger partial charge is 0.480 e. The summed E-state index contributed by atoms with van der Waals surface area (Å²) >= 11 is 2.70. The van der Waals surface area contributed by atoms with E-state index in [0.29, 0.717) is 6.54 Å². The van der Waals surface area contributed by atoms with E-state index in [1.165, 1.54) is 0 Å². The molecular weight excluding hydrogens is 246 g/mol. The first-order chi connectivity index (χ1) is 7.59. The fraction of sp³-hybridized carbons (Fsp3) is 0.400. The van der Waals surface area contributed by atoms with Crippen LogP contribution in [0.5, 0.6) is 0 Å². The van der Waals surface area contributed by atoms with Crippen molar-refractivity contribution in [3.8, 4) is 0 Å². The normalized spacial score (nSPS) is 12.1. The summed E-state index contributed by atoms with van der Waals surface area (Å²) in [6.07, 6.45) is 0. The summed E-state index contributed by atoms with van der Waals surface area (Å²) < 4.78 is 0. The van der Waals surface area contributed by atoms with Crippen LogP contribution in [0.2, 0.25) is 0 Å². The van der Waals surface area contributed by atoms with Crippen molar-refractivity contribution in [3.05, 3.63) is 22.4 Å². The van der Waals surface area contributed by atoms with E-state index in [9.17, 15) is 9.59 Å². The van der Waals surface area contributed by atoms with E-state index >= 15 is 0 Å². The Balaban J connectivity index is 2.19. The Morgan fingerprint density at radius 2 is 2.38 bits per heavy atom. The average Bonchev–Trinajstić information content (AvgIpc) is 2.75. The van der Waals surface area contributed by atoms with Crippen LogP contribution in [-0.4, -0.2) is 28.0 Å². The number of aliphatic carboxylic acids is 1. The molecule has 0 aromatic carbocycles. The molecule has 0 aliphatic heterocycles. The molecule has 0 radical (unpaired) electrons. The number of carbonyl (C=O) groups is 2. The highest BCUT2D eigenvalue weighted by molar-refractivity contribution is 8.01. The van der Waals surface area contributed by atoms with Crippen LogP contribution in [0.15, 0.2) is 17.5 Å². The van der Waals surface area contributed by atoms with Crippen molar-refractivity contribution in [2.24, 2.45) is 0 Å². The third kappa shape index (κ3) is 4.67. The zero-order chi connectivity index (χ0) is 12.0. The first-order valence-electron chi connectivity index (χ1n) is 4.73. The highest BCUT2D eigenvalue weighted by Gasteiger charge is 2.13. The summed E-state index contributed by atoms with van der Waals surface area (Å²) in [7, 11) is 0. The predicted octanol–water partition coefficient (Wildman–Crippen LogP) is 1.57. The molecule has 0 fully saturated rings. The summed E-state index contributed by atoms with van der Waals surface area (Å²) in [5.74, 6) is -0.846. The number of thiophene rings is 1. The molecule has 1 aromatic rings. The molecule has 0 aliphatic rings. The molecule has 0 aliphatic carbocycles. The quantitative estimate of drug-likeness (QED) is 0.814. The lowest BCUT2D eigenvalue weighted by molar-refractivity contribution is -0.136. The van der Waals surface area contributed by atoms with Gasteiger partial charge < -0.3 is 10.4 Å². The van der Waals surface area contributed by atoms with Gasteiger partial charge in [0.15, 0.2) is 0 Å². The van der Waals surface area contributed by atoms with Gasteiger partial charge in [-0.1, -0.05) is 6.07 Å². The van der Waals surface area contributed by atoms with Gasteiger partial charge in [-0.2, -0.15) is 0 Å². The van der Waals surface area contributed by atoms with E-state index < -0.39 is 11.2 Å². The summed E-state index contributed by atoms with van der Waals surface area (Å²) in [5.41, 5.74) is 0. The van der Waals surface area contributed by atoms with Gasteiger partial charge in [0.1, 0.15) is 0 Å². The summed E-state index contributed by atoms with van der Waals surface area (Å²) in [4.78, 5) is 22.9. The molecule has 1 rings (SSSR count). The number of hydrogen-bond donors (Lipinski definition) is 2. The molecule has 4 nitrogen and oxygen atoms in total. The van der Waals surface area contributed by atoms with Gasteiger partial charge in [-0.3, -0.25) is 9.59 Å². The van der Waals surface area contributed by atoms with Gasteiger partial charge in [0.25, 0.3) is 0 Å². The van der Waals surface area contributed by atoms with Gasteiger partial charge in [0.2, 0.25) is 5.91 Å². The van der Waals surface area contributed by atoms with Crippen molar-refractivity contribution >= 4 is 35.0 Å². The number of carboxylic acid groups (broad SMARTS) is 1. The van der Waals surface area contributed by atoms with E-state index in [-0.39, 0.29) is 11.7 Å². The second-order valence-corrected chi connectivity index (χ2v) is 5.51. The van der Waals surface area contributed by atoms with Crippen molar-refractivity contribution in [1.29, 1.82) is 0 Å². The molecule has 1 aromatic heterocycles. The third-order valence-corrected chi connectivity index (χ3v) is 3.86. The summed E-state index contributed by atoms with van der Waals surface area (Å²) in [5, 5.41) is 12.8. The smallest absolute Gasteiger partial charge is 0.316 e. The number of amides is 1. The zero-order valence-electron chi connectivity index (χ0n) is 8.80. The molecule has 1 amide bonds. The fourth-order valence-corrected chi connectivity index (χ4v) is 2.21. The van der Waals surface area contributed by atoms with Crippen LogP contribution in [0.4, 0.5) is 0 Å². The Labute approximate surface area is 102 Å². The van der Waals surface area contributed by atoms with Crippen LogP contribution >= 0.6 is 23.1 Å².